The van der Waals surface area contributed by atoms with Crippen LogP contribution in [0, 0.1) is 0 Å². The van der Waals surface area contributed by atoms with Gasteiger partial charge in [0, 0.05) is 20.2 Å². The molecule has 0 radical (unpaired) electrons. The second kappa shape index (κ2) is 6.64. The number of ether oxygens (including phenoxy) is 2. The lowest BCUT2D eigenvalue weighted by molar-refractivity contribution is -0.136. The molecule has 0 aromatic heterocycles. The number of hydrogen-bond acceptors (Lipinski definition) is 5. The van der Waals surface area contributed by atoms with Crippen LogP contribution in [0.4, 0.5) is 0 Å². The van der Waals surface area contributed by atoms with E-state index in [1.807, 2.05) is 0 Å². The molecule has 1 N–H and O–H groups in total. The van der Waals surface area contributed by atoms with E-state index in [9.17, 15) is 13.2 Å². The molecule has 1 aliphatic rings. The molecule has 1 aromatic rings. The van der Waals surface area contributed by atoms with Gasteiger partial charge in [-0.1, -0.05) is 6.07 Å². The zero-order valence-corrected chi connectivity index (χ0v) is 13.3. The molecular formula is C14H19NO6S. The Kier molecular flexibility index (Phi) is 5.05. The number of aliphatic carboxylic acids is 1. The number of nitrogens with zero attached hydrogens (tertiary/aromatic N) is 1. The van der Waals surface area contributed by atoms with E-state index in [1.165, 1.54) is 23.5 Å². The van der Waals surface area contributed by atoms with Crippen LogP contribution in [0.25, 0.3) is 0 Å². The first-order valence-corrected chi connectivity index (χ1v) is 8.24. The van der Waals surface area contributed by atoms with Crippen molar-refractivity contribution in [2.75, 3.05) is 27.3 Å². The van der Waals surface area contributed by atoms with Crippen LogP contribution in [0.5, 0.6) is 5.75 Å². The van der Waals surface area contributed by atoms with Crippen LogP contribution in [0.1, 0.15) is 12.0 Å². The Bertz CT molecular complexity index is 657. The minimum atomic E-state index is -3.75. The van der Waals surface area contributed by atoms with E-state index in [4.69, 9.17) is 14.6 Å². The summed E-state index contributed by atoms with van der Waals surface area (Å²) in [6.07, 6.45) is 0.267. The predicted octanol–water partition coefficient (Wildman–Crippen LogP) is 0.732. The van der Waals surface area contributed by atoms with Crippen molar-refractivity contribution in [3.05, 3.63) is 23.8 Å². The highest BCUT2D eigenvalue weighted by Gasteiger charge is 2.34. The Morgan fingerprint density at radius 3 is 2.68 bits per heavy atom. The van der Waals surface area contributed by atoms with Gasteiger partial charge in [-0.15, -0.1) is 0 Å². The van der Waals surface area contributed by atoms with Crippen molar-refractivity contribution in [2.45, 2.75) is 23.8 Å². The summed E-state index contributed by atoms with van der Waals surface area (Å²) < 4.78 is 37.2. The maximum atomic E-state index is 12.8. The SMILES string of the molecule is COc1ccc(CC(=O)O)cc1S(=O)(=O)N1CC[C@H](OC)C1. The molecule has 1 aromatic carbocycles. The Hall–Kier alpha value is -1.64. The van der Waals surface area contributed by atoms with Gasteiger partial charge in [-0.3, -0.25) is 4.79 Å². The molecule has 1 heterocycles. The molecule has 1 aliphatic heterocycles. The maximum absolute atomic E-state index is 12.8. The van der Waals surface area contributed by atoms with Crippen LogP contribution in [0.15, 0.2) is 23.1 Å². The van der Waals surface area contributed by atoms with Crippen molar-refractivity contribution in [1.82, 2.24) is 4.31 Å². The third-order valence-corrected chi connectivity index (χ3v) is 5.53. The largest absolute Gasteiger partial charge is 0.495 e. The van der Waals surface area contributed by atoms with Crippen molar-refractivity contribution in [1.29, 1.82) is 0 Å². The molecule has 22 heavy (non-hydrogen) atoms. The fourth-order valence-electron chi connectivity index (χ4n) is 2.45. The summed E-state index contributed by atoms with van der Waals surface area (Å²) in [5.41, 5.74) is 0.411. The Balaban J connectivity index is 2.38. The number of methoxy groups -OCH3 is 2. The van der Waals surface area contributed by atoms with Gasteiger partial charge in [0.05, 0.1) is 19.6 Å². The van der Waals surface area contributed by atoms with Crippen molar-refractivity contribution < 1.29 is 27.8 Å². The van der Waals surface area contributed by atoms with E-state index in [0.717, 1.165) is 0 Å². The molecular weight excluding hydrogens is 310 g/mol. The van der Waals surface area contributed by atoms with Crippen LogP contribution in [-0.2, 0) is 26.0 Å². The lowest BCUT2D eigenvalue weighted by Crippen LogP contribution is -2.30. The minimum absolute atomic E-state index is 0.00879. The average molecular weight is 329 g/mol. The van der Waals surface area contributed by atoms with E-state index in [1.54, 1.807) is 13.2 Å². The van der Waals surface area contributed by atoms with Crippen molar-refractivity contribution in [2.24, 2.45) is 0 Å². The number of sulfonamides is 1. The lowest BCUT2D eigenvalue weighted by atomic mass is 10.1. The van der Waals surface area contributed by atoms with E-state index >= 15 is 0 Å². The average Bonchev–Trinajstić information content (AvgIpc) is 2.96. The van der Waals surface area contributed by atoms with Crippen LogP contribution < -0.4 is 4.74 Å². The zero-order valence-electron chi connectivity index (χ0n) is 12.5. The van der Waals surface area contributed by atoms with Crippen LogP contribution in [0.2, 0.25) is 0 Å². The Morgan fingerprint density at radius 2 is 2.14 bits per heavy atom. The van der Waals surface area contributed by atoms with E-state index < -0.39 is 16.0 Å². The molecule has 1 fully saturated rings. The second-order valence-electron chi connectivity index (χ2n) is 5.07. The molecule has 0 amide bonds. The first kappa shape index (κ1) is 16.7. The molecule has 122 valence electrons. The predicted molar refractivity (Wildman–Crippen MR) is 78.5 cm³/mol. The Labute approximate surface area is 129 Å². The highest BCUT2D eigenvalue weighted by atomic mass is 32.2. The monoisotopic (exact) mass is 329 g/mol. The van der Waals surface area contributed by atoms with Gasteiger partial charge in [0.25, 0.3) is 0 Å². The van der Waals surface area contributed by atoms with Gasteiger partial charge < -0.3 is 14.6 Å². The van der Waals surface area contributed by atoms with Gasteiger partial charge in [0.1, 0.15) is 10.6 Å². The van der Waals surface area contributed by atoms with Gasteiger partial charge in [-0.25, -0.2) is 8.42 Å². The first-order valence-electron chi connectivity index (χ1n) is 6.80. The number of benzene rings is 1. The highest BCUT2D eigenvalue weighted by Crippen LogP contribution is 2.30. The second-order valence-corrected chi connectivity index (χ2v) is 6.97. The molecule has 0 bridgehead atoms. The molecule has 7 nitrogen and oxygen atoms in total. The van der Waals surface area contributed by atoms with Gasteiger partial charge >= 0.3 is 5.97 Å². The van der Waals surface area contributed by atoms with Crippen molar-refractivity contribution in [3.63, 3.8) is 0 Å². The summed E-state index contributed by atoms with van der Waals surface area (Å²) in [5.74, 6) is -0.816. The summed E-state index contributed by atoms with van der Waals surface area (Å²) in [7, 11) is -0.815. The lowest BCUT2D eigenvalue weighted by Gasteiger charge is -2.18. The van der Waals surface area contributed by atoms with Crippen LogP contribution >= 0.6 is 0 Å². The third kappa shape index (κ3) is 3.40. The molecule has 0 saturated carbocycles. The first-order chi connectivity index (χ1) is 10.4. The molecule has 2 rings (SSSR count). The summed E-state index contributed by atoms with van der Waals surface area (Å²) in [5, 5.41) is 8.86. The normalized spacial score (nSPS) is 19.3. The van der Waals surface area contributed by atoms with E-state index in [2.05, 4.69) is 0 Å². The molecule has 0 aliphatic carbocycles. The van der Waals surface area contributed by atoms with Crippen LogP contribution in [-0.4, -0.2) is 57.2 Å². The van der Waals surface area contributed by atoms with Crippen molar-refractivity contribution in [3.8, 4) is 5.75 Å². The smallest absolute Gasteiger partial charge is 0.307 e. The maximum Gasteiger partial charge on any atom is 0.307 e. The summed E-state index contributed by atoms with van der Waals surface area (Å²) >= 11 is 0. The number of hydrogen-bond donors (Lipinski definition) is 1. The zero-order chi connectivity index (χ0) is 16.3. The molecule has 0 unspecified atom stereocenters. The minimum Gasteiger partial charge on any atom is -0.495 e. The topological polar surface area (TPSA) is 93.1 Å². The number of rotatable bonds is 6. The summed E-state index contributed by atoms with van der Waals surface area (Å²) in [4.78, 5) is 10.8. The third-order valence-electron chi connectivity index (χ3n) is 3.64. The quantitative estimate of drug-likeness (QED) is 0.827. The Morgan fingerprint density at radius 1 is 1.41 bits per heavy atom. The van der Waals surface area contributed by atoms with Gasteiger partial charge in [0.2, 0.25) is 10.0 Å². The molecule has 1 atom stereocenters. The molecule has 8 heteroatoms. The molecule has 0 spiro atoms. The standard InChI is InChI=1S/C14H19NO6S/c1-20-11-5-6-15(9-11)22(18,19)13-7-10(8-14(16)17)3-4-12(13)21-2/h3-4,7,11H,5-6,8-9H2,1-2H3,(H,16,17)/t11-/m0/s1. The fraction of sp³-hybridized carbons (Fsp3) is 0.500. The highest BCUT2D eigenvalue weighted by molar-refractivity contribution is 7.89. The van der Waals surface area contributed by atoms with Crippen molar-refractivity contribution >= 4 is 16.0 Å². The number of carboxylic acids is 1. The van der Waals surface area contributed by atoms with Crippen LogP contribution in [0.3, 0.4) is 0 Å². The summed E-state index contributed by atoms with van der Waals surface area (Å²) in [6.45, 7) is 0.651. The molecule has 1 saturated heterocycles. The fourth-order valence-corrected chi connectivity index (χ4v) is 4.15. The van der Waals surface area contributed by atoms with E-state index in [-0.39, 0.29) is 29.7 Å². The van der Waals surface area contributed by atoms with Gasteiger partial charge in [0.15, 0.2) is 0 Å². The summed E-state index contributed by atoms with van der Waals surface area (Å²) in [6, 6.07) is 4.39. The van der Waals surface area contributed by atoms with E-state index in [0.29, 0.717) is 18.5 Å². The number of carboxylic acid groups (broad SMARTS) is 1. The van der Waals surface area contributed by atoms with Gasteiger partial charge in [-0.2, -0.15) is 4.31 Å². The van der Waals surface area contributed by atoms with Gasteiger partial charge in [-0.05, 0) is 24.1 Å². The number of carbonyl (C=O) groups is 1.